The van der Waals surface area contributed by atoms with Crippen LogP contribution in [-0.2, 0) is 9.53 Å². The number of halogens is 3. The van der Waals surface area contributed by atoms with E-state index in [1.807, 2.05) is 0 Å². The average molecular weight is 356 g/mol. The zero-order valence-corrected chi connectivity index (χ0v) is 13.5. The lowest BCUT2D eigenvalue weighted by Crippen LogP contribution is -2.30. The first-order valence-corrected chi connectivity index (χ1v) is 7.35. The summed E-state index contributed by atoms with van der Waals surface area (Å²) in [6.07, 6.45) is -1.13. The number of benzene rings is 2. The molecule has 0 heterocycles. The largest absolute Gasteiger partial charge is 0.449 e. The van der Waals surface area contributed by atoms with Crippen LogP contribution >= 0.6 is 23.2 Å². The maximum absolute atomic E-state index is 13.5. The Hall–Kier alpha value is -2.11. The quantitative estimate of drug-likeness (QED) is 0.831. The van der Waals surface area contributed by atoms with Crippen LogP contribution in [0.2, 0.25) is 10.0 Å². The van der Waals surface area contributed by atoms with Crippen LogP contribution in [0.3, 0.4) is 0 Å². The van der Waals surface area contributed by atoms with Gasteiger partial charge in [-0.1, -0.05) is 35.3 Å². The Morgan fingerprint density at radius 2 is 1.74 bits per heavy atom. The van der Waals surface area contributed by atoms with Crippen molar-refractivity contribution in [3.63, 3.8) is 0 Å². The van der Waals surface area contributed by atoms with Gasteiger partial charge in [0.15, 0.2) is 6.10 Å². The van der Waals surface area contributed by atoms with Crippen LogP contribution in [-0.4, -0.2) is 18.0 Å². The molecule has 2 aromatic carbocycles. The first-order valence-electron chi connectivity index (χ1n) is 6.59. The lowest BCUT2D eigenvalue weighted by Gasteiger charge is -2.14. The molecule has 0 saturated heterocycles. The minimum atomic E-state index is -1.13. The van der Waals surface area contributed by atoms with E-state index in [9.17, 15) is 14.0 Å². The highest BCUT2D eigenvalue weighted by atomic mass is 35.5. The van der Waals surface area contributed by atoms with Crippen LogP contribution < -0.4 is 5.32 Å². The van der Waals surface area contributed by atoms with E-state index in [-0.39, 0.29) is 21.3 Å². The van der Waals surface area contributed by atoms with Gasteiger partial charge in [-0.25, -0.2) is 9.18 Å². The van der Waals surface area contributed by atoms with Gasteiger partial charge in [0.25, 0.3) is 5.91 Å². The minimum Gasteiger partial charge on any atom is -0.449 e. The fourth-order valence-electron chi connectivity index (χ4n) is 1.75. The number of anilines is 1. The highest BCUT2D eigenvalue weighted by molar-refractivity contribution is 6.35. The second-order valence-electron chi connectivity index (χ2n) is 4.67. The molecule has 4 nitrogen and oxygen atoms in total. The number of rotatable bonds is 4. The molecule has 0 aliphatic heterocycles. The van der Waals surface area contributed by atoms with E-state index < -0.39 is 23.8 Å². The Bertz CT molecular complexity index is 732. The van der Waals surface area contributed by atoms with Gasteiger partial charge in [0.05, 0.1) is 11.3 Å². The van der Waals surface area contributed by atoms with Crippen molar-refractivity contribution in [1.29, 1.82) is 0 Å². The first kappa shape index (κ1) is 17.2. The van der Waals surface area contributed by atoms with Crippen molar-refractivity contribution in [2.45, 2.75) is 13.0 Å². The normalized spacial score (nSPS) is 11.7. The summed E-state index contributed by atoms with van der Waals surface area (Å²) in [5, 5.41) is 2.89. The fraction of sp³-hybridized carbons (Fsp3) is 0.125. The second kappa shape index (κ2) is 7.44. The van der Waals surface area contributed by atoms with Gasteiger partial charge >= 0.3 is 5.97 Å². The van der Waals surface area contributed by atoms with Gasteiger partial charge in [0, 0.05) is 10.0 Å². The SMILES string of the molecule is C[C@H](OC(=O)c1cc(Cl)cc(Cl)c1)C(=O)Nc1ccccc1F. The van der Waals surface area contributed by atoms with E-state index >= 15 is 0 Å². The molecule has 1 atom stereocenters. The molecule has 7 heteroatoms. The molecule has 1 amide bonds. The van der Waals surface area contributed by atoms with Crippen LogP contribution in [0, 0.1) is 5.82 Å². The molecular weight excluding hydrogens is 344 g/mol. The molecule has 0 aliphatic rings. The van der Waals surface area contributed by atoms with Crippen LogP contribution in [0.4, 0.5) is 10.1 Å². The van der Waals surface area contributed by atoms with Gasteiger partial charge in [-0.05, 0) is 37.3 Å². The number of hydrogen-bond acceptors (Lipinski definition) is 3. The first-order chi connectivity index (χ1) is 10.9. The fourth-order valence-corrected chi connectivity index (χ4v) is 2.28. The van der Waals surface area contributed by atoms with E-state index in [0.717, 1.165) is 0 Å². The second-order valence-corrected chi connectivity index (χ2v) is 5.55. The van der Waals surface area contributed by atoms with Gasteiger partial charge in [0.1, 0.15) is 5.82 Å². The third-order valence-corrected chi connectivity index (χ3v) is 3.32. The third kappa shape index (κ3) is 4.68. The standard InChI is InChI=1S/C16H12Cl2FNO3/c1-9(15(21)20-14-5-3-2-4-13(14)19)23-16(22)10-6-11(17)8-12(18)7-10/h2-9H,1H3,(H,20,21)/t9-/m0/s1. The molecule has 2 aromatic rings. The minimum absolute atomic E-state index is 0.00574. The van der Waals surface area contributed by atoms with Crippen molar-refractivity contribution in [3.8, 4) is 0 Å². The van der Waals surface area contributed by atoms with Crippen molar-refractivity contribution in [2.75, 3.05) is 5.32 Å². The summed E-state index contributed by atoms with van der Waals surface area (Å²) in [5.41, 5.74) is 0.124. The van der Waals surface area contributed by atoms with E-state index in [4.69, 9.17) is 27.9 Å². The molecular formula is C16H12Cl2FNO3. The Morgan fingerprint density at radius 3 is 2.35 bits per heavy atom. The van der Waals surface area contributed by atoms with Gasteiger partial charge in [0.2, 0.25) is 0 Å². The Balaban J connectivity index is 2.03. The van der Waals surface area contributed by atoms with Gasteiger partial charge < -0.3 is 10.1 Å². The van der Waals surface area contributed by atoms with Crippen molar-refractivity contribution in [1.82, 2.24) is 0 Å². The number of carbonyl (C=O) groups excluding carboxylic acids is 2. The van der Waals surface area contributed by atoms with Gasteiger partial charge in [-0.3, -0.25) is 4.79 Å². The lowest BCUT2D eigenvalue weighted by atomic mass is 10.2. The Kier molecular flexibility index (Phi) is 5.58. The van der Waals surface area contributed by atoms with E-state index in [1.165, 1.54) is 43.3 Å². The van der Waals surface area contributed by atoms with Crippen molar-refractivity contribution >= 4 is 40.8 Å². The molecule has 0 saturated carbocycles. The van der Waals surface area contributed by atoms with E-state index in [0.29, 0.717) is 0 Å². The molecule has 0 spiro atoms. The number of esters is 1. The van der Waals surface area contributed by atoms with Crippen molar-refractivity contribution < 1.29 is 18.7 Å². The summed E-state index contributed by atoms with van der Waals surface area (Å²) >= 11 is 11.6. The van der Waals surface area contributed by atoms with Gasteiger partial charge in [-0.2, -0.15) is 0 Å². The molecule has 0 aliphatic carbocycles. The highest BCUT2D eigenvalue weighted by Crippen LogP contribution is 2.20. The number of para-hydroxylation sites is 1. The zero-order valence-electron chi connectivity index (χ0n) is 12.0. The maximum atomic E-state index is 13.5. The molecule has 2 rings (SSSR count). The molecule has 1 N–H and O–H groups in total. The third-order valence-electron chi connectivity index (χ3n) is 2.88. The number of nitrogens with one attached hydrogen (secondary N) is 1. The summed E-state index contributed by atoms with van der Waals surface area (Å²) in [6.45, 7) is 1.38. The summed E-state index contributed by atoms with van der Waals surface area (Å²) in [6, 6.07) is 9.89. The summed E-state index contributed by atoms with van der Waals surface area (Å²) in [5.74, 6) is -2.00. The lowest BCUT2D eigenvalue weighted by molar-refractivity contribution is -0.123. The molecule has 0 fully saturated rings. The molecule has 0 unspecified atom stereocenters. The molecule has 0 aromatic heterocycles. The summed E-state index contributed by atoms with van der Waals surface area (Å²) < 4.78 is 18.5. The van der Waals surface area contributed by atoms with E-state index in [1.54, 1.807) is 6.07 Å². The number of amides is 1. The predicted octanol–water partition coefficient (Wildman–Crippen LogP) is 4.32. The smallest absolute Gasteiger partial charge is 0.339 e. The molecule has 0 radical (unpaired) electrons. The molecule has 23 heavy (non-hydrogen) atoms. The van der Waals surface area contributed by atoms with Gasteiger partial charge in [-0.15, -0.1) is 0 Å². The Labute approximate surface area is 142 Å². The Morgan fingerprint density at radius 1 is 1.13 bits per heavy atom. The average Bonchev–Trinajstić information content (AvgIpc) is 2.48. The predicted molar refractivity (Wildman–Crippen MR) is 86.4 cm³/mol. The highest BCUT2D eigenvalue weighted by Gasteiger charge is 2.20. The topological polar surface area (TPSA) is 55.4 Å². The summed E-state index contributed by atoms with van der Waals surface area (Å²) in [4.78, 5) is 23.9. The number of hydrogen-bond donors (Lipinski definition) is 1. The number of ether oxygens (including phenoxy) is 1. The van der Waals surface area contributed by atoms with Crippen LogP contribution in [0.5, 0.6) is 0 Å². The zero-order chi connectivity index (χ0) is 17.0. The van der Waals surface area contributed by atoms with E-state index in [2.05, 4.69) is 5.32 Å². The van der Waals surface area contributed by atoms with Crippen LogP contribution in [0.15, 0.2) is 42.5 Å². The van der Waals surface area contributed by atoms with Crippen LogP contribution in [0.1, 0.15) is 17.3 Å². The van der Waals surface area contributed by atoms with Crippen molar-refractivity contribution in [3.05, 3.63) is 63.9 Å². The summed E-state index contributed by atoms with van der Waals surface area (Å²) in [7, 11) is 0. The van der Waals surface area contributed by atoms with Crippen LogP contribution in [0.25, 0.3) is 0 Å². The molecule has 0 bridgehead atoms. The number of carbonyl (C=O) groups is 2. The van der Waals surface area contributed by atoms with Crippen molar-refractivity contribution in [2.24, 2.45) is 0 Å². The molecule has 120 valence electrons. The monoisotopic (exact) mass is 355 g/mol. The maximum Gasteiger partial charge on any atom is 0.339 e.